The maximum Gasteiger partial charge on any atom is 0.255 e. The van der Waals surface area contributed by atoms with Crippen LogP contribution in [0, 0.1) is 18.3 Å². The molecule has 0 unspecified atom stereocenters. The van der Waals surface area contributed by atoms with Gasteiger partial charge in [0.15, 0.2) is 0 Å². The van der Waals surface area contributed by atoms with Gasteiger partial charge in [-0.1, -0.05) is 33.6 Å². The fourth-order valence-corrected chi connectivity index (χ4v) is 5.07. The Hall–Kier alpha value is -1.73. The highest BCUT2D eigenvalue weighted by molar-refractivity contribution is 6.03. The van der Waals surface area contributed by atoms with Crippen molar-refractivity contribution in [3.8, 4) is 0 Å². The average Bonchev–Trinajstić information content (AvgIpc) is 3.27. The summed E-state index contributed by atoms with van der Waals surface area (Å²) in [4.78, 5) is 33.3. The molecule has 1 saturated carbocycles. The van der Waals surface area contributed by atoms with Crippen molar-refractivity contribution >= 4 is 11.7 Å². The monoisotopic (exact) mass is 458 g/mol. The van der Waals surface area contributed by atoms with Crippen molar-refractivity contribution in [1.29, 1.82) is 0 Å². The van der Waals surface area contributed by atoms with Crippen LogP contribution in [0.4, 0.5) is 5.95 Å². The third-order valence-corrected chi connectivity index (χ3v) is 7.14. The fourth-order valence-electron chi connectivity index (χ4n) is 5.07. The molecule has 0 spiro atoms. The molecule has 0 bridgehead atoms. The van der Waals surface area contributed by atoms with E-state index in [1.807, 2.05) is 13.8 Å². The standard InChI is InChI=1S/C26H46N6O/c1-7-27-23(26(3,4)5)22-20(2)24(33)29-25(28-22)32(19-21-11-8-9-12-21)14-10-13-31-17-15-30(6)16-18-31/h21H,7-19H2,1-6H3,(H,28,29,33). The summed E-state index contributed by atoms with van der Waals surface area (Å²) in [6.07, 6.45) is 6.28. The van der Waals surface area contributed by atoms with Crippen LogP contribution in [-0.2, 0) is 0 Å². The first-order valence-corrected chi connectivity index (χ1v) is 13.0. The molecule has 1 aliphatic carbocycles. The Kier molecular flexibility index (Phi) is 9.10. The van der Waals surface area contributed by atoms with Crippen molar-refractivity contribution in [2.75, 3.05) is 64.3 Å². The molecule has 0 aromatic carbocycles. The number of rotatable bonds is 9. The first-order chi connectivity index (χ1) is 15.7. The fraction of sp³-hybridized carbons (Fsp3) is 0.808. The van der Waals surface area contributed by atoms with E-state index in [0.29, 0.717) is 18.0 Å². The first-order valence-electron chi connectivity index (χ1n) is 13.0. The lowest BCUT2D eigenvalue weighted by Crippen LogP contribution is -2.45. The Balaban J connectivity index is 1.83. The van der Waals surface area contributed by atoms with E-state index >= 15 is 0 Å². The van der Waals surface area contributed by atoms with Gasteiger partial charge < -0.3 is 14.7 Å². The molecular formula is C26H46N6O. The van der Waals surface area contributed by atoms with Gasteiger partial charge >= 0.3 is 0 Å². The number of aromatic amines is 1. The predicted molar refractivity (Wildman–Crippen MR) is 139 cm³/mol. The zero-order chi connectivity index (χ0) is 24.0. The zero-order valence-corrected chi connectivity index (χ0v) is 21.9. The number of anilines is 1. The minimum absolute atomic E-state index is 0.0430. The smallest absolute Gasteiger partial charge is 0.255 e. The Morgan fingerprint density at radius 1 is 1.18 bits per heavy atom. The van der Waals surface area contributed by atoms with E-state index in [-0.39, 0.29) is 11.0 Å². The molecular weight excluding hydrogens is 412 g/mol. The van der Waals surface area contributed by atoms with Crippen molar-refractivity contribution in [1.82, 2.24) is 19.8 Å². The molecule has 1 saturated heterocycles. The molecule has 2 heterocycles. The van der Waals surface area contributed by atoms with Crippen LogP contribution in [0.2, 0.25) is 0 Å². The van der Waals surface area contributed by atoms with E-state index in [2.05, 4.69) is 47.5 Å². The largest absolute Gasteiger partial charge is 0.342 e. The van der Waals surface area contributed by atoms with Gasteiger partial charge in [0.05, 0.1) is 11.4 Å². The summed E-state index contributed by atoms with van der Waals surface area (Å²) < 4.78 is 0. The second-order valence-corrected chi connectivity index (χ2v) is 11.0. The highest BCUT2D eigenvalue weighted by atomic mass is 16.1. The number of piperazine rings is 1. The molecule has 1 aromatic heterocycles. The summed E-state index contributed by atoms with van der Waals surface area (Å²) >= 11 is 0. The number of hydrogen-bond acceptors (Lipinski definition) is 6. The molecule has 7 nitrogen and oxygen atoms in total. The van der Waals surface area contributed by atoms with Crippen molar-refractivity contribution in [2.24, 2.45) is 16.3 Å². The molecule has 186 valence electrons. The Labute approximate surface area is 200 Å². The van der Waals surface area contributed by atoms with E-state index in [9.17, 15) is 4.79 Å². The van der Waals surface area contributed by atoms with Crippen LogP contribution in [0.1, 0.15) is 71.1 Å². The maximum atomic E-state index is 13.0. The first kappa shape index (κ1) is 25.9. The Morgan fingerprint density at radius 3 is 2.45 bits per heavy atom. The van der Waals surface area contributed by atoms with Gasteiger partial charge in [-0.05, 0) is 52.6 Å². The van der Waals surface area contributed by atoms with Crippen LogP contribution < -0.4 is 10.5 Å². The summed E-state index contributed by atoms with van der Waals surface area (Å²) in [5, 5.41) is 0. The third kappa shape index (κ3) is 7.12. The second-order valence-electron chi connectivity index (χ2n) is 11.0. The van der Waals surface area contributed by atoms with Gasteiger partial charge in [0.25, 0.3) is 5.56 Å². The summed E-state index contributed by atoms with van der Waals surface area (Å²) in [6, 6.07) is 0. The number of aliphatic imine (C=N–C) groups is 1. The van der Waals surface area contributed by atoms with Crippen molar-refractivity contribution < 1.29 is 0 Å². The minimum Gasteiger partial charge on any atom is -0.342 e. The lowest BCUT2D eigenvalue weighted by Gasteiger charge is -2.33. The summed E-state index contributed by atoms with van der Waals surface area (Å²) in [7, 11) is 2.20. The number of nitrogens with one attached hydrogen (secondary N) is 1. The van der Waals surface area contributed by atoms with Gasteiger partial charge in [-0.3, -0.25) is 14.8 Å². The van der Waals surface area contributed by atoms with E-state index in [0.717, 1.165) is 69.6 Å². The topological polar surface area (TPSA) is 67.8 Å². The summed E-state index contributed by atoms with van der Waals surface area (Å²) in [5.74, 6) is 1.41. The molecule has 7 heteroatoms. The van der Waals surface area contributed by atoms with E-state index in [1.54, 1.807) is 0 Å². The van der Waals surface area contributed by atoms with Crippen LogP contribution in [-0.4, -0.2) is 84.9 Å². The number of hydrogen-bond donors (Lipinski definition) is 1. The van der Waals surface area contributed by atoms with Crippen LogP contribution in [0.3, 0.4) is 0 Å². The van der Waals surface area contributed by atoms with Gasteiger partial charge in [-0.15, -0.1) is 0 Å². The van der Waals surface area contributed by atoms with Gasteiger partial charge in [0.2, 0.25) is 5.95 Å². The molecule has 1 aromatic rings. The minimum atomic E-state index is -0.170. The highest BCUT2D eigenvalue weighted by Gasteiger charge is 2.27. The lowest BCUT2D eigenvalue weighted by atomic mass is 9.86. The van der Waals surface area contributed by atoms with E-state index < -0.39 is 0 Å². The van der Waals surface area contributed by atoms with E-state index in [4.69, 9.17) is 9.98 Å². The number of H-pyrrole nitrogens is 1. The molecule has 1 aliphatic heterocycles. The number of aromatic nitrogens is 2. The van der Waals surface area contributed by atoms with Gasteiger partial charge in [0, 0.05) is 56.8 Å². The van der Waals surface area contributed by atoms with Gasteiger partial charge in [-0.25, -0.2) is 4.98 Å². The third-order valence-electron chi connectivity index (χ3n) is 7.14. The quantitative estimate of drug-likeness (QED) is 0.573. The van der Waals surface area contributed by atoms with Crippen LogP contribution in [0.25, 0.3) is 0 Å². The molecule has 0 atom stereocenters. The molecule has 2 aliphatic rings. The average molecular weight is 459 g/mol. The van der Waals surface area contributed by atoms with Crippen molar-refractivity contribution in [3.63, 3.8) is 0 Å². The van der Waals surface area contributed by atoms with Gasteiger partial charge in [-0.2, -0.15) is 0 Å². The molecule has 2 fully saturated rings. The number of nitrogens with zero attached hydrogens (tertiary/aromatic N) is 5. The maximum absolute atomic E-state index is 13.0. The predicted octanol–water partition coefficient (Wildman–Crippen LogP) is 3.57. The molecule has 33 heavy (non-hydrogen) atoms. The van der Waals surface area contributed by atoms with Gasteiger partial charge in [0.1, 0.15) is 0 Å². The zero-order valence-electron chi connectivity index (χ0n) is 21.9. The SMILES string of the molecule is CCN=C(c1nc(N(CCCN2CCN(C)CC2)CC2CCCC2)[nH]c(=O)c1C)C(C)(C)C. The highest BCUT2D eigenvalue weighted by Crippen LogP contribution is 2.28. The van der Waals surface area contributed by atoms with Crippen LogP contribution in [0.15, 0.2) is 9.79 Å². The molecule has 3 rings (SSSR count). The lowest BCUT2D eigenvalue weighted by molar-refractivity contribution is 0.153. The number of likely N-dealkylation sites (N-methyl/N-ethyl adjacent to an activating group) is 1. The van der Waals surface area contributed by atoms with Crippen molar-refractivity contribution in [3.05, 3.63) is 21.6 Å². The molecule has 0 amide bonds. The molecule has 1 N–H and O–H groups in total. The second kappa shape index (κ2) is 11.6. The van der Waals surface area contributed by atoms with Crippen molar-refractivity contribution in [2.45, 2.75) is 66.7 Å². The summed E-state index contributed by atoms with van der Waals surface area (Å²) in [6.45, 7) is 18.6. The van der Waals surface area contributed by atoms with Crippen LogP contribution >= 0.6 is 0 Å². The Bertz CT molecular complexity index is 841. The van der Waals surface area contributed by atoms with E-state index in [1.165, 1.54) is 25.7 Å². The normalized spacial score (nSPS) is 19.4. The Morgan fingerprint density at radius 2 is 1.85 bits per heavy atom. The molecule has 0 radical (unpaired) electrons. The summed E-state index contributed by atoms with van der Waals surface area (Å²) in [5.41, 5.74) is 2.14. The van der Waals surface area contributed by atoms with Crippen LogP contribution in [0.5, 0.6) is 0 Å².